The van der Waals surface area contributed by atoms with Crippen LogP contribution in [0.3, 0.4) is 0 Å². The highest BCUT2D eigenvalue weighted by Crippen LogP contribution is 2.31. The predicted octanol–water partition coefficient (Wildman–Crippen LogP) is 3.00. The van der Waals surface area contributed by atoms with Crippen molar-refractivity contribution in [1.82, 2.24) is 15.0 Å². The molecule has 1 saturated heterocycles. The first kappa shape index (κ1) is 22.5. The van der Waals surface area contributed by atoms with Gasteiger partial charge in [-0.05, 0) is 6.42 Å². The maximum atomic E-state index is 13.2. The lowest BCUT2D eigenvalue weighted by Gasteiger charge is -2.28. The summed E-state index contributed by atoms with van der Waals surface area (Å²) in [6.45, 7) is 4.43. The number of anilines is 1. The minimum atomic E-state index is -1.16. The van der Waals surface area contributed by atoms with Gasteiger partial charge in [-0.3, -0.25) is 19.4 Å². The van der Waals surface area contributed by atoms with Crippen LogP contribution in [0, 0.1) is 0 Å². The molecule has 1 atom stereocenters. The molecule has 1 aromatic carbocycles. The topological polar surface area (TPSA) is 98.0 Å². The van der Waals surface area contributed by atoms with E-state index in [4.69, 9.17) is 14.0 Å². The lowest BCUT2D eigenvalue weighted by Crippen LogP contribution is -2.44. The van der Waals surface area contributed by atoms with E-state index in [-0.39, 0.29) is 5.78 Å². The van der Waals surface area contributed by atoms with Crippen LogP contribution in [0.2, 0.25) is 0 Å². The van der Waals surface area contributed by atoms with Gasteiger partial charge in [0.1, 0.15) is 11.4 Å². The summed E-state index contributed by atoms with van der Waals surface area (Å²) in [7, 11) is 0. The molecule has 0 bridgehead atoms. The first-order valence-corrected chi connectivity index (χ1v) is 12.0. The molecule has 5 rings (SSSR count). The van der Waals surface area contributed by atoms with E-state index in [1.165, 1.54) is 23.7 Å². The Kier molecular flexibility index (Phi) is 6.79. The van der Waals surface area contributed by atoms with Gasteiger partial charge in [0, 0.05) is 49.3 Å². The number of carbonyl (C=O) groups is 2. The number of rotatable bonds is 8. The third-order valence-electron chi connectivity index (χ3n) is 5.71. The molecule has 2 aromatic heterocycles. The maximum absolute atomic E-state index is 13.2. The molecular formula is C24H24N4O5S. The fraction of sp³-hybridized carbons (Fsp3) is 0.333. The molecule has 1 amide bonds. The van der Waals surface area contributed by atoms with E-state index in [0.717, 1.165) is 44.8 Å². The third-order valence-corrected chi connectivity index (χ3v) is 6.57. The smallest absolute Gasteiger partial charge is 0.278 e. The Morgan fingerprint density at radius 2 is 2.00 bits per heavy atom. The number of hydrogen-bond acceptors (Lipinski definition) is 9. The fourth-order valence-electron chi connectivity index (χ4n) is 3.88. The largest absolute Gasteiger partial charge is 0.480 e. The number of morpholine rings is 1. The van der Waals surface area contributed by atoms with Gasteiger partial charge in [-0.25, -0.2) is 4.98 Å². The van der Waals surface area contributed by atoms with E-state index in [2.05, 4.69) is 15.0 Å². The quantitative estimate of drug-likeness (QED) is 0.454. The van der Waals surface area contributed by atoms with E-state index < -0.39 is 12.0 Å². The van der Waals surface area contributed by atoms with E-state index in [1.54, 1.807) is 4.90 Å². The minimum Gasteiger partial charge on any atom is -0.480 e. The van der Waals surface area contributed by atoms with Crippen molar-refractivity contribution >= 4 is 28.2 Å². The van der Waals surface area contributed by atoms with Gasteiger partial charge in [0.2, 0.25) is 11.9 Å². The average Bonchev–Trinajstić information content (AvgIpc) is 3.63. The zero-order valence-electron chi connectivity index (χ0n) is 18.5. The Morgan fingerprint density at radius 3 is 2.76 bits per heavy atom. The van der Waals surface area contributed by atoms with Gasteiger partial charge in [0.05, 0.1) is 19.5 Å². The van der Waals surface area contributed by atoms with Crippen LogP contribution in [0.4, 0.5) is 5.13 Å². The molecule has 0 N–H and O–H groups in total. The van der Waals surface area contributed by atoms with Crippen LogP contribution in [-0.2, 0) is 19.1 Å². The number of hydrogen-bond donors (Lipinski definition) is 0. The first-order valence-electron chi connectivity index (χ1n) is 11.1. The summed E-state index contributed by atoms with van der Waals surface area (Å²) in [4.78, 5) is 33.8. The third kappa shape index (κ3) is 4.93. The van der Waals surface area contributed by atoms with Gasteiger partial charge in [-0.15, -0.1) is 11.3 Å². The standard InChI is InChI=1S/C24H24N4O5S/c29-20-7-12-32-22(20)23(30)28(9-4-8-27-10-13-31-14-11-27)24-25-19(16-34-24)21-15-18(26-33-21)17-5-2-1-3-6-17/h1-3,5-7,12,15-16,22H,4,8-11,13-14H2. The van der Waals surface area contributed by atoms with E-state index in [1.807, 2.05) is 41.8 Å². The molecule has 9 nitrogen and oxygen atoms in total. The van der Waals surface area contributed by atoms with Crippen LogP contribution >= 0.6 is 11.3 Å². The van der Waals surface area contributed by atoms with Gasteiger partial charge in [-0.1, -0.05) is 35.5 Å². The number of aromatic nitrogens is 2. The normalized spacial score (nSPS) is 18.2. The zero-order chi connectivity index (χ0) is 23.3. The van der Waals surface area contributed by atoms with Crippen molar-refractivity contribution in [3.8, 4) is 22.7 Å². The lowest BCUT2D eigenvalue weighted by atomic mass is 10.1. The second kappa shape index (κ2) is 10.3. The van der Waals surface area contributed by atoms with Crippen LogP contribution in [0.5, 0.6) is 0 Å². The number of amides is 1. The summed E-state index contributed by atoms with van der Waals surface area (Å²) < 4.78 is 16.2. The first-order chi connectivity index (χ1) is 16.7. The van der Waals surface area contributed by atoms with Crippen molar-refractivity contribution in [1.29, 1.82) is 0 Å². The average molecular weight is 481 g/mol. The van der Waals surface area contributed by atoms with E-state index >= 15 is 0 Å². The molecule has 176 valence electrons. The van der Waals surface area contributed by atoms with Gasteiger partial charge in [-0.2, -0.15) is 0 Å². The molecule has 2 aliphatic heterocycles. The molecule has 1 unspecified atom stereocenters. The minimum absolute atomic E-state index is 0.359. The van der Waals surface area contributed by atoms with Crippen LogP contribution in [0.15, 0.2) is 58.6 Å². The van der Waals surface area contributed by atoms with Crippen LogP contribution < -0.4 is 4.90 Å². The monoisotopic (exact) mass is 480 g/mol. The molecule has 1 fully saturated rings. The number of carbonyl (C=O) groups excluding carboxylic acids is 2. The molecule has 0 spiro atoms. The predicted molar refractivity (Wildman–Crippen MR) is 126 cm³/mol. The Balaban J connectivity index is 1.33. The molecule has 34 heavy (non-hydrogen) atoms. The summed E-state index contributed by atoms with van der Waals surface area (Å²) >= 11 is 1.32. The van der Waals surface area contributed by atoms with Gasteiger partial charge in [0.25, 0.3) is 5.91 Å². The summed E-state index contributed by atoms with van der Waals surface area (Å²) in [5.74, 6) is -0.264. The molecule has 2 aliphatic rings. The number of ketones is 1. The Labute approximate surface area is 200 Å². The van der Waals surface area contributed by atoms with Crippen molar-refractivity contribution in [2.75, 3.05) is 44.3 Å². The molecule has 3 aromatic rings. The van der Waals surface area contributed by atoms with E-state index in [0.29, 0.717) is 28.8 Å². The molecule has 0 radical (unpaired) electrons. The number of thiazole rings is 1. The highest BCUT2D eigenvalue weighted by atomic mass is 32.1. The maximum Gasteiger partial charge on any atom is 0.278 e. The van der Waals surface area contributed by atoms with Crippen molar-refractivity contribution in [3.63, 3.8) is 0 Å². The number of benzene rings is 1. The van der Waals surface area contributed by atoms with Crippen molar-refractivity contribution < 1.29 is 23.6 Å². The SMILES string of the molecule is O=C1C=COC1C(=O)N(CCCN1CCOCC1)c1nc(-c2cc(-c3ccccc3)no2)cs1. The number of nitrogens with zero attached hydrogens (tertiary/aromatic N) is 4. The highest BCUT2D eigenvalue weighted by Gasteiger charge is 2.35. The Morgan fingerprint density at radius 1 is 1.18 bits per heavy atom. The van der Waals surface area contributed by atoms with Crippen molar-refractivity contribution in [3.05, 3.63) is 54.1 Å². The van der Waals surface area contributed by atoms with Gasteiger partial charge in [0.15, 0.2) is 10.9 Å². The molecule has 10 heteroatoms. The summed E-state index contributed by atoms with van der Waals surface area (Å²) in [5, 5.41) is 6.46. The zero-order valence-corrected chi connectivity index (χ0v) is 19.3. The summed E-state index contributed by atoms with van der Waals surface area (Å²) in [6, 6.07) is 11.5. The van der Waals surface area contributed by atoms with E-state index in [9.17, 15) is 9.59 Å². The second-order valence-electron chi connectivity index (χ2n) is 7.98. The van der Waals surface area contributed by atoms with Crippen LogP contribution in [0.1, 0.15) is 6.42 Å². The summed E-state index contributed by atoms with van der Waals surface area (Å²) in [6.07, 6.45) is 2.12. The highest BCUT2D eigenvalue weighted by molar-refractivity contribution is 7.14. The van der Waals surface area contributed by atoms with Crippen LogP contribution in [-0.4, -0.2) is 72.2 Å². The second-order valence-corrected chi connectivity index (χ2v) is 8.81. The molecular weight excluding hydrogens is 456 g/mol. The van der Waals surface area contributed by atoms with Crippen LogP contribution in [0.25, 0.3) is 22.7 Å². The Hall–Kier alpha value is -3.34. The number of ether oxygens (including phenoxy) is 2. The van der Waals surface area contributed by atoms with Gasteiger partial charge < -0.3 is 14.0 Å². The van der Waals surface area contributed by atoms with Gasteiger partial charge >= 0.3 is 0 Å². The molecule has 0 aliphatic carbocycles. The van der Waals surface area contributed by atoms with Crippen molar-refractivity contribution in [2.45, 2.75) is 12.5 Å². The molecule has 0 saturated carbocycles. The molecule has 4 heterocycles. The lowest BCUT2D eigenvalue weighted by molar-refractivity contribution is -0.134. The summed E-state index contributed by atoms with van der Waals surface area (Å²) in [5.41, 5.74) is 2.23. The van der Waals surface area contributed by atoms with Crippen molar-refractivity contribution in [2.24, 2.45) is 0 Å². The fourth-order valence-corrected chi connectivity index (χ4v) is 4.73. The Bertz CT molecular complexity index is 1170.